The zero-order chi connectivity index (χ0) is 14.7. The van der Waals surface area contributed by atoms with Crippen molar-refractivity contribution in [3.8, 4) is 0 Å². The Morgan fingerprint density at radius 3 is 2.85 bits per heavy atom. The number of aliphatic imine (C=N–C) groups is 1. The highest BCUT2D eigenvalue weighted by atomic mass is 35.5. The molecule has 0 fully saturated rings. The van der Waals surface area contributed by atoms with Crippen molar-refractivity contribution in [1.29, 1.82) is 0 Å². The van der Waals surface area contributed by atoms with Crippen molar-refractivity contribution >= 4 is 40.6 Å². The van der Waals surface area contributed by atoms with Gasteiger partial charge in [-0.1, -0.05) is 29.8 Å². The summed E-state index contributed by atoms with van der Waals surface area (Å²) in [6.07, 6.45) is 0. The van der Waals surface area contributed by atoms with E-state index in [0.29, 0.717) is 22.5 Å². The van der Waals surface area contributed by atoms with Crippen LogP contribution in [0.4, 0.5) is 0 Å². The number of benzene rings is 1. The fraction of sp³-hybridized carbons (Fsp3) is 0.357. The molecule has 1 aromatic carbocycles. The molecule has 0 saturated heterocycles. The third kappa shape index (κ3) is 2.99. The summed E-state index contributed by atoms with van der Waals surface area (Å²) < 4.78 is 5.13. The van der Waals surface area contributed by atoms with Crippen molar-refractivity contribution in [1.82, 2.24) is 5.32 Å². The van der Waals surface area contributed by atoms with Crippen molar-refractivity contribution in [3.05, 3.63) is 34.9 Å². The topological polar surface area (TPSA) is 50.7 Å². The van der Waals surface area contributed by atoms with E-state index >= 15 is 0 Å². The number of rotatable bonds is 3. The first-order chi connectivity index (χ1) is 9.54. The minimum atomic E-state index is -0.526. The van der Waals surface area contributed by atoms with Gasteiger partial charge in [0.2, 0.25) is 0 Å². The SMILES string of the molecule is CCOC(=O)C1C(C)=NC(=S)NC1c1ccccc1Cl. The first-order valence-corrected chi connectivity index (χ1v) is 7.10. The molecule has 4 nitrogen and oxygen atoms in total. The third-order valence-corrected chi connectivity index (χ3v) is 3.67. The van der Waals surface area contributed by atoms with Gasteiger partial charge in [0.05, 0.1) is 12.6 Å². The first-order valence-electron chi connectivity index (χ1n) is 6.31. The number of esters is 1. The smallest absolute Gasteiger partial charge is 0.317 e. The third-order valence-electron chi connectivity index (χ3n) is 3.12. The highest BCUT2D eigenvalue weighted by Crippen LogP contribution is 2.32. The number of nitrogens with one attached hydrogen (secondary N) is 1. The van der Waals surface area contributed by atoms with E-state index in [2.05, 4.69) is 10.3 Å². The van der Waals surface area contributed by atoms with Gasteiger partial charge in [0, 0.05) is 10.7 Å². The van der Waals surface area contributed by atoms with Crippen LogP contribution in [-0.2, 0) is 9.53 Å². The number of ether oxygens (including phenoxy) is 1. The monoisotopic (exact) mass is 310 g/mol. The van der Waals surface area contributed by atoms with Crippen molar-refractivity contribution in [2.75, 3.05) is 6.61 Å². The van der Waals surface area contributed by atoms with Crippen LogP contribution in [0.3, 0.4) is 0 Å². The fourth-order valence-corrected chi connectivity index (χ4v) is 2.77. The van der Waals surface area contributed by atoms with E-state index in [4.69, 9.17) is 28.6 Å². The Bertz CT molecular complexity index is 574. The summed E-state index contributed by atoms with van der Waals surface area (Å²) in [5.74, 6) is -0.852. The van der Waals surface area contributed by atoms with Crippen molar-refractivity contribution in [2.45, 2.75) is 19.9 Å². The molecule has 0 saturated carbocycles. The van der Waals surface area contributed by atoms with E-state index in [9.17, 15) is 4.79 Å². The quantitative estimate of drug-likeness (QED) is 0.689. The lowest BCUT2D eigenvalue weighted by atomic mass is 9.88. The van der Waals surface area contributed by atoms with Gasteiger partial charge in [0.25, 0.3) is 0 Å². The number of carbonyl (C=O) groups excluding carboxylic acids is 1. The van der Waals surface area contributed by atoms with E-state index in [-0.39, 0.29) is 12.0 Å². The average molecular weight is 311 g/mol. The molecule has 1 aliphatic heterocycles. The van der Waals surface area contributed by atoms with Crippen molar-refractivity contribution in [3.63, 3.8) is 0 Å². The van der Waals surface area contributed by atoms with Crippen LogP contribution in [0.2, 0.25) is 5.02 Å². The van der Waals surface area contributed by atoms with Crippen LogP contribution in [-0.4, -0.2) is 23.4 Å². The lowest BCUT2D eigenvalue weighted by molar-refractivity contribution is -0.146. The Morgan fingerprint density at radius 2 is 2.20 bits per heavy atom. The molecule has 1 heterocycles. The molecule has 2 atom stereocenters. The Hall–Kier alpha value is -1.46. The maximum Gasteiger partial charge on any atom is 0.317 e. The van der Waals surface area contributed by atoms with Crippen LogP contribution in [0.1, 0.15) is 25.5 Å². The zero-order valence-corrected chi connectivity index (χ0v) is 12.8. The maximum atomic E-state index is 12.2. The number of hydrogen-bond donors (Lipinski definition) is 1. The summed E-state index contributed by atoms with van der Waals surface area (Å²) in [7, 11) is 0. The van der Waals surface area contributed by atoms with Gasteiger partial charge >= 0.3 is 5.97 Å². The summed E-state index contributed by atoms with van der Waals surface area (Å²) in [6, 6.07) is 7.01. The molecule has 2 rings (SSSR count). The Labute approximate surface area is 128 Å². The summed E-state index contributed by atoms with van der Waals surface area (Å²) in [5.41, 5.74) is 1.45. The summed E-state index contributed by atoms with van der Waals surface area (Å²) in [4.78, 5) is 16.3. The molecular formula is C14H15ClN2O2S. The standard InChI is InChI=1S/C14H15ClN2O2S/c1-3-19-13(18)11-8(2)16-14(20)17-12(11)9-6-4-5-7-10(9)15/h4-7,11-12H,3H2,1-2H3,(H,17,20). The van der Waals surface area contributed by atoms with Gasteiger partial charge in [-0.15, -0.1) is 0 Å². The number of nitrogens with zero attached hydrogens (tertiary/aromatic N) is 1. The lowest BCUT2D eigenvalue weighted by Gasteiger charge is -2.31. The van der Waals surface area contributed by atoms with Gasteiger partial charge in [-0.3, -0.25) is 4.79 Å². The molecular weight excluding hydrogens is 296 g/mol. The van der Waals surface area contributed by atoms with Crippen LogP contribution in [0.5, 0.6) is 0 Å². The minimum Gasteiger partial charge on any atom is -0.465 e. The number of hydrogen-bond acceptors (Lipinski definition) is 3. The highest BCUT2D eigenvalue weighted by molar-refractivity contribution is 7.80. The molecule has 0 aliphatic carbocycles. The molecule has 0 bridgehead atoms. The highest BCUT2D eigenvalue weighted by Gasteiger charge is 2.37. The van der Waals surface area contributed by atoms with E-state index < -0.39 is 5.92 Å². The van der Waals surface area contributed by atoms with Gasteiger partial charge < -0.3 is 10.1 Å². The average Bonchev–Trinajstić information content (AvgIpc) is 2.38. The lowest BCUT2D eigenvalue weighted by Crippen LogP contribution is -2.44. The first kappa shape index (κ1) is 14.9. The fourth-order valence-electron chi connectivity index (χ4n) is 2.24. The van der Waals surface area contributed by atoms with E-state index in [1.807, 2.05) is 18.2 Å². The second-order valence-corrected chi connectivity index (χ2v) is 5.23. The van der Waals surface area contributed by atoms with Crippen molar-refractivity contribution in [2.24, 2.45) is 10.9 Å². The van der Waals surface area contributed by atoms with Gasteiger partial charge in [-0.05, 0) is 37.7 Å². The second kappa shape index (κ2) is 6.33. The number of thiocarbonyl (C=S) groups is 1. The van der Waals surface area contributed by atoms with Gasteiger partial charge in [0.1, 0.15) is 5.92 Å². The maximum absolute atomic E-state index is 12.2. The predicted molar refractivity (Wildman–Crippen MR) is 83.2 cm³/mol. The molecule has 0 spiro atoms. The largest absolute Gasteiger partial charge is 0.465 e. The Balaban J connectivity index is 2.43. The molecule has 1 aromatic rings. The molecule has 106 valence electrons. The van der Waals surface area contributed by atoms with Crippen molar-refractivity contribution < 1.29 is 9.53 Å². The predicted octanol–water partition coefficient (Wildman–Crippen LogP) is 2.91. The van der Waals surface area contributed by atoms with Crippen LogP contribution >= 0.6 is 23.8 Å². The van der Waals surface area contributed by atoms with Gasteiger partial charge in [-0.2, -0.15) is 0 Å². The van der Waals surface area contributed by atoms with Crippen LogP contribution in [0.25, 0.3) is 0 Å². The number of halogens is 1. The molecule has 20 heavy (non-hydrogen) atoms. The Morgan fingerprint density at radius 1 is 1.50 bits per heavy atom. The van der Waals surface area contributed by atoms with Gasteiger partial charge in [0.15, 0.2) is 5.11 Å². The van der Waals surface area contributed by atoms with Gasteiger partial charge in [-0.25, -0.2) is 4.99 Å². The summed E-state index contributed by atoms with van der Waals surface area (Å²) in [5, 5.41) is 3.99. The zero-order valence-electron chi connectivity index (χ0n) is 11.2. The summed E-state index contributed by atoms with van der Waals surface area (Å²) >= 11 is 11.3. The molecule has 1 N–H and O–H groups in total. The van der Waals surface area contributed by atoms with E-state index in [0.717, 1.165) is 5.56 Å². The molecule has 0 radical (unpaired) electrons. The molecule has 0 aromatic heterocycles. The summed E-state index contributed by atoms with van der Waals surface area (Å²) in [6.45, 7) is 3.87. The van der Waals surface area contributed by atoms with E-state index in [1.54, 1.807) is 19.9 Å². The molecule has 1 aliphatic rings. The molecule has 2 unspecified atom stereocenters. The minimum absolute atomic E-state index is 0.322. The second-order valence-electron chi connectivity index (χ2n) is 4.43. The normalized spacial score (nSPS) is 21.9. The van der Waals surface area contributed by atoms with Crippen LogP contribution < -0.4 is 5.32 Å². The molecule has 6 heteroatoms. The van der Waals surface area contributed by atoms with Crippen LogP contribution in [0, 0.1) is 5.92 Å². The van der Waals surface area contributed by atoms with Crippen LogP contribution in [0.15, 0.2) is 29.3 Å². The Kier molecular flexibility index (Phi) is 4.73. The molecule has 0 amide bonds. The van der Waals surface area contributed by atoms with E-state index in [1.165, 1.54) is 0 Å². The number of carbonyl (C=O) groups is 1.